The summed E-state index contributed by atoms with van der Waals surface area (Å²) in [6.45, 7) is 2.32. The predicted molar refractivity (Wildman–Crippen MR) is 61.8 cm³/mol. The fraction of sp³-hybridized carbons (Fsp3) is 0.364. The van der Waals surface area contributed by atoms with Gasteiger partial charge in [-0.25, -0.2) is 5.26 Å². The van der Waals surface area contributed by atoms with E-state index < -0.39 is 0 Å². The molecule has 1 aliphatic heterocycles. The van der Waals surface area contributed by atoms with Crippen molar-refractivity contribution in [3.63, 3.8) is 0 Å². The van der Waals surface area contributed by atoms with E-state index in [1.807, 2.05) is 6.07 Å². The van der Waals surface area contributed by atoms with Crippen LogP contribution in [0.2, 0.25) is 0 Å². The van der Waals surface area contributed by atoms with Crippen LogP contribution >= 0.6 is 12.6 Å². The number of thiol groups is 1. The first-order valence-corrected chi connectivity index (χ1v) is 5.42. The highest BCUT2D eigenvalue weighted by atomic mass is 32.1. The lowest BCUT2D eigenvalue weighted by atomic mass is 9.42. The van der Waals surface area contributed by atoms with Gasteiger partial charge >= 0.3 is 0 Å². The highest BCUT2D eigenvalue weighted by Crippen LogP contribution is 2.35. The third-order valence-electron chi connectivity index (χ3n) is 3.06. The Balaban J connectivity index is 2.43. The molecule has 0 saturated heterocycles. The van der Waals surface area contributed by atoms with Crippen LogP contribution < -0.4 is 0 Å². The van der Waals surface area contributed by atoms with Crippen LogP contribution in [-0.4, -0.2) is 6.71 Å². The quantitative estimate of drug-likeness (QED) is 0.548. The summed E-state index contributed by atoms with van der Waals surface area (Å²) in [5.41, 5.74) is 2.67. The van der Waals surface area contributed by atoms with Crippen molar-refractivity contribution in [1.82, 2.24) is 0 Å². The molecule has 0 spiro atoms. The van der Waals surface area contributed by atoms with Gasteiger partial charge in [0.1, 0.15) is 0 Å². The van der Waals surface area contributed by atoms with Gasteiger partial charge in [-0.3, -0.25) is 0 Å². The molecule has 70 valence electrons. The molecule has 0 amide bonds. The molecule has 0 saturated carbocycles. The zero-order chi connectivity index (χ0) is 10.1. The number of nitrogens with zero attached hydrogens (tertiary/aromatic N) is 1. The highest BCUT2D eigenvalue weighted by Gasteiger charge is 2.34. The summed E-state index contributed by atoms with van der Waals surface area (Å²) >= 11 is 4.32. The van der Waals surface area contributed by atoms with Crippen LogP contribution in [0.5, 0.6) is 0 Å². The summed E-state index contributed by atoms with van der Waals surface area (Å²) in [5.74, 6) is 2.84. The van der Waals surface area contributed by atoms with E-state index in [1.54, 1.807) is 0 Å². The van der Waals surface area contributed by atoms with Gasteiger partial charge in [-0.15, -0.1) is 12.6 Å². The lowest BCUT2D eigenvalue weighted by Gasteiger charge is -2.09. The zero-order valence-corrected chi connectivity index (χ0v) is 9.09. The summed E-state index contributed by atoms with van der Waals surface area (Å²) in [7, 11) is 0. The SMILES string of the molecule is CCC1B(C#N)Cc2cc(S)ccc21. The molecule has 14 heavy (non-hydrogen) atoms. The van der Waals surface area contributed by atoms with E-state index in [9.17, 15) is 0 Å². The second-order valence-corrected chi connectivity index (χ2v) is 4.35. The molecule has 0 aromatic heterocycles. The zero-order valence-electron chi connectivity index (χ0n) is 8.20. The molecule has 0 radical (unpaired) electrons. The molecule has 2 rings (SSSR count). The molecule has 0 bridgehead atoms. The first-order chi connectivity index (χ1) is 6.76. The van der Waals surface area contributed by atoms with E-state index in [0.717, 1.165) is 17.6 Å². The molecule has 0 N–H and O–H groups in total. The van der Waals surface area contributed by atoms with Gasteiger partial charge in [0, 0.05) is 10.9 Å². The summed E-state index contributed by atoms with van der Waals surface area (Å²) in [6, 6.07) is 6.24. The lowest BCUT2D eigenvalue weighted by Crippen LogP contribution is -2.17. The average molecular weight is 201 g/mol. The molecule has 1 nitrogen and oxygen atoms in total. The number of rotatable bonds is 1. The third kappa shape index (κ3) is 1.44. The number of benzene rings is 1. The molecule has 0 aliphatic carbocycles. The Morgan fingerprint density at radius 2 is 2.43 bits per heavy atom. The topological polar surface area (TPSA) is 23.8 Å². The van der Waals surface area contributed by atoms with Gasteiger partial charge in [-0.2, -0.15) is 0 Å². The second kappa shape index (κ2) is 3.71. The second-order valence-electron chi connectivity index (χ2n) is 3.84. The fourth-order valence-electron chi connectivity index (χ4n) is 2.37. The number of hydrogen-bond acceptors (Lipinski definition) is 2. The Hall–Kier alpha value is -0.875. The predicted octanol–water partition coefficient (Wildman–Crippen LogP) is 2.66. The minimum Gasteiger partial charge on any atom is -0.213 e. The van der Waals surface area contributed by atoms with Crippen LogP contribution in [0.4, 0.5) is 0 Å². The van der Waals surface area contributed by atoms with Crippen LogP contribution in [0.25, 0.3) is 0 Å². The van der Waals surface area contributed by atoms with Crippen molar-refractivity contribution in [2.45, 2.75) is 30.4 Å². The van der Waals surface area contributed by atoms with E-state index >= 15 is 0 Å². The Morgan fingerprint density at radius 3 is 3.07 bits per heavy atom. The van der Waals surface area contributed by atoms with Crippen molar-refractivity contribution in [2.24, 2.45) is 0 Å². The monoisotopic (exact) mass is 201 g/mol. The van der Waals surface area contributed by atoms with Crippen molar-refractivity contribution >= 4 is 19.3 Å². The smallest absolute Gasteiger partial charge is 0.213 e. The number of hydrogen-bond donors (Lipinski definition) is 1. The van der Waals surface area contributed by atoms with Crippen LogP contribution in [0.15, 0.2) is 23.1 Å². The number of nitriles is 1. The molecule has 1 aromatic rings. The molecule has 0 fully saturated rings. The van der Waals surface area contributed by atoms with E-state index in [2.05, 4.69) is 37.7 Å². The molecular formula is C11H12BNS. The first-order valence-electron chi connectivity index (χ1n) is 4.97. The van der Waals surface area contributed by atoms with Crippen molar-refractivity contribution in [1.29, 1.82) is 5.26 Å². The van der Waals surface area contributed by atoms with E-state index in [1.165, 1.54) is 11.1 Å². The first kappa shape index (κ1) is 9.67. The third-order valence-corrected chi connectivity index (χ3v) is 3.34. The maximum absolute atomic E-state index is 9.04. The Kier molecular flexibility index (Phi) is 2.56. The standard InChI is InChI=1S/C11H12BNS/c1-2-11-10-4-3-9(14)5-8(10)6-12(11)7-13/h3-5,11,14H,2,6H2,1H3. The normalized spacial score (nSPS) is 19.2. The van der Waals surface area contributed by atoms with Crippen LogP contribution in [0.1, 0.15) is 30.3 Å². The van der Waals surface area contributed by atoms with Gasteiger partial charge in [0.15, 0.2) is 0 Å². The minimum atomic E-state index is 0.171. The highest BCUT2D eigenvalue weighted by molar-refractivity contribution is 7.80. The van der Waals surface area contributed by atoms with Gasteiger partial charge in [-0.05, 0) is 29.8 Å². The minimum absolute atomic E-state index is 0.171. The van der Waals surface area contributed by atoms with Crippen LogP contribution in [0.3, 0.4) is 0 Å². The van der Waals surface area contributed by atoms with E-state index in [-0.39, 0.29) is 6.71 Å². The molecule has 1 aromatic carbocycles. The summed E-state index contributed by atoms with van der Waals surface area (Å²) in [5, 5.41) is 9.04. The Bertz CT molecular complexity index is 397. The Morgan fingerprint density at radius 1 is 1.64 bits per heavy atom. The maximum atomic E-state index is 9.04. The van der Waals surface area contributed by atoms with E-state index in [4.69, 9.17) is 5.26 Å². The fourth-order valence-corrected chi connectivity index (χ4v) is 2.60. The van der Waals surface area contributed by atoms with Crippen LogP contribution in [-0.2, 0) is 6.32 Å². The van der Waals surface area contributed by atoms with Crippen molar-refractivity contribution < 1.29 is 0 Å². The van der Waals surface area contributed by atoms with Crippen molar-refractivity contribution in [3.8, 4) is 5.97 Å². The van der Waals surface area contributed by atoms with E-state index in [0.29, 0.717) is 5.82 Å². The van der Waals surface area contributed by atoms with Crippen molar-refractivity contribution in [3.05, 3.63) is 29.3 Å². The summed E-state index contributed by atoms with van der Waals surface area (Å²) in [6.07, 6.45) is 1.95. The molecule has 1 aliphatic rings. The molecule has 1 heterocycles. The maximum Gasteiger partial charge on any atom is 0.279 e. The van der Waals surface area contributed by atoms with Gasteiger partial charge in [0.25, 0.3) is 6.71 Å². The molecular weight excluding hydrogens is 189 g/mol. The molecule has 1 atom stereocenters. The van der Waals surface area contributed by atoms with Gasteiger partial charge < -0.3 is 0 Å². The largest absolute Gasteiger partial charge is 0.279 e. The van der Waals surface area contributed by atoms with Gasteiger partial charge in [0.05, 0.1) is 0 Å². The Labute approximate surface area is 90.6 Å². The molecule has 3 heteroatoms. The number of fused-ring (bicyclic) bond motifs is 1. The average Bonchev–Trinajstić information content (AvgIpc) is 2.54. The van der Waals surface area contributed by atoms with Gasteiger partial charge in [0.2, 0.25) is 0 Å². The summed E-state index contributed by atoms with van der Waals surface area (Å²) < 4.78 is 0. The lowest BCUT2D eigenvalue weighted by molar-refractivity contribution is 0.876. The molecule has 1 unspecified atom stereocenters. The summed E-state index contributed by atoms with van der Waals surface area (Å²) in [4.78, 5) is 0.997. The van der Waals surface area contributed by atoms with Gasteiger partial charge in [-0.1, -0.05) is 25.0 Å². The van der Waals surface area contributed by atoms with Crippen LogP contribution in [0, 0.1) is 11.2 Å². The van der Waals surface area contributed by atoms with Crippen molar-refractivity contribution in [2.75, 3.05) is 0 Å².